The number of anilines is 1. The maximum Gasteiger partial charge on any atom is 0.325 e. The number of nitrogens with zero attached hydrogens (tertiary/aromatic N) is 3. The molecule has 2 fully saturated rings. The molecule has 7 nitrogen and oxygen atoms in total. The number of halogens is 2. The van der Waals surface area contributed by atoms with E-state index in [1.165, 1.54) is 18.7 Å². The molecule has 2 aromatic rings. The SMILES string of the molecule is COc1c(C(C(=O)O)N2CC[C@@H](N(C)CCCCCc3ccc4c(n3)NCCC4)C2)cc(C2CC2)c(F)c1F. The summed E-state index contributed by atoms with van der Waals surface area (Å²) in [6.45, 7) is 3.05. The van der Waals surface area contributed by atoms with E-state index in [9.17, 15) is 18.7 Å². The Balaban J connectivity index is 1.14. The number of fused-ring (bicyclic) bond motifs is 1. The number of hydrogen-bond donors (Lipinski definition) is 2. The highest BCUT2D eigenvalue weighted by Crippen LogP contribution is 2.46. The summed E-state index contributed by atoms with van der Waals surface area (Å²) < 4.78 is 34.7. The number of aromatic nitrogens is 1. The van der Waals surface area contributed by atoms with E-state index in [2.05, 4.69) is 29.4 Å². The minimum atomic E-state index is -1.09. The number of carbonyl (C=O) groups is 1. The molecule has 212 valence electrons. The molecule has 2 N–H and O–H groups in total. The van der Waals surface area contributed by atoms with Crippen molar-refractivity contribution in [3.63, 3.8) is 0 Å². The highest BCUT2D eigenvalue weighted by atomic mass is 19.2. The van der Waals surface area contributed by atoms with E-state index in [4.69, 9.17) is 9.72 Å². The third-order valence-electron chi connectivity index (χ3n) is 8.55. The average molecular weight is 543 g/mol. The van der Waals surface area contributed by atoms with Gasteiger partial charge >= 0.3 is 5.97 Å². The number of unbranched alkanes of at least 4 members (excludes halogenated alkanes) is 2. The maximum atomic E-state index is 14.9. The molecule has 0 radical (unpaired) electrons. The molecule has 1 saturated carbocycles. The van der Waals surface area contributed by atoms with E-state index in [-0.39, 0.29) is 28.8 Å². The average Bonchev–Trinajstić information content (AvgIpc) is 3.66. The van der Waals surface area contributed by atoms with Crippen molar-refractivity contribution in [3.05, 3.63) is 52.2 Å². The minimum Gasteiger partial charge on any atom is -0.493 e. The van der Waals surface area contributed by atoms with Crippen molar-refractivity contribution >= 4 is 11.8 Å². The van der Waals surface area contributed by atoms with Gasteiger partial charge in [0, 0.05) is 36.9 Å². The van der Waals surface area contributed by atoms with Crippen molar-refractivity contribution in [1.82, 2.24) is 14.8 Å². The third-order valence-corrected chi connectivity index (χ3v) is 8.55. The fraction of sp³-hybridized carbons (Fsp3) is 0.600. The summed E-state index contributed by atoms with van der Waals surface area (Å²) in [4.78, 5) is 21.4. The van der Waals surface area contributed by atoms with Gasteiger partial charge in [-0.2, -0.15) is 4.39 Å². The second kappa shape index (κ2) is 12.2. The second-order valence-corrected chi connectivity index (χ2v) is 11.3. The lowest BCUT2D eigenvalue weighted by molar-refractivity contribution is -0.143. The Morgan fingerprint density at radius 3 is 2.79 bits per heavy atom. The molecule has 0 spiro atoms. The van der Waals surface area contributed by atoms with Crippen molar-refractivity contribution in [2.45, 2.75) is 75.8 Å². The summed E-state index contributed by atoms with van der Waals surface area (Å²) in [7, 11) is 3.35. The summed E-state index contributed by atoms with van der Waals surface area (Å²) in [6, 6.07) is 5.01. The van der Waals surface area contributed by atoms with Crippen molar-refractivity contribution in [3.8, 4) is 5.75 Å². The Hall–Kier alpha value is -2.78. The van der Waals surface area contributed by atoms with E-state index < -0.39 is 23.6 Å². The van der Waals surface area contributed by atoms with Crippen LogP contribution in [-0.2, 0) is 17.6 Å². The van der Waals surface area contributed by atoms with Gasteiger partial charge in [-0.15, -0.1) is 0 Å². The van der Waals surface area contributed by atoms with Crippen LogP contribution in [0.3, 0.4) is 0 Å². The number of rotatable bonds is 12. The van der Waals surface area contributed by atoms with Crippen molar-refractivity contribution in [2.24, 2.45) is 0 Å². The number of aryl methyl sites for hydroxylation is 2. The van der Waals surface area contributed by atoms with Crippen LogP contribution in [0.4, 0.5) is 14.6 Å². The molecule has 1 aromatic heterocycles. The predicted octanol–water partition coefficient (Wildman–Crippen LogP) is 5.15. The predicted molar refractivity (Wildman–Crippen MR) is 146 cm³/mol. The Kier molecular flexibility index (Phi) is 8.67. The largest absolute Gasteiger partial charge is 0.493 e. The lowest BCUT2D eigenvalue weighted by Crippen LogP contribution is -2.38. The van der Waals surface area contributed by atoms with Gasteiger partial charge in [0.25, 0.3) is 0 Å². The molecule has 3 aliphatic rings. The second-order valence-electron chi connectivity index (χ2n) is 11.3. The molecular formula is C30H40F2N4O3. The third kappa shape index (κ3) is 6.19. The number of likely N-dealkylation sites (N-methyl/N-ethyl adjacent to an activating group) is 1. The van der Waals surface area contributed by atoms with Crippen LogP contribution in [0.25, 0.3) is 0 Å². The van der Waals surface area contributed by atoms with Crippen LogP contribution in [0.15, 0.2) is 18.2 Å². The summed E-state index contributed by atoms with van der Waals surface area (Å²) >= 11 is 0. The van der Waals surface area contributed by atoms with Crippen LogP contribution < -0.4 is 10.1 Å². The van der Waals surface area contributed by atoms with Gasteiger partial charge in [-0.25, -0.2) is 9.37 Å². The quantitative estimate of drug-likeness (QED) is 0.359. The number of methoxy groups -OCH3 is 1. The van der Waals surface area contributed by atoms with Gasteiger partial charge in [0.1, 0.15) is 11.9 Å². The first-order valence-corrected chi connectivity index (χ1v) is 14.3. The van der Waals surface area contributed by atoms with Gasteiger partial charge in [-0.1, -0.05) is 12.5 Å². The topological polar surface area (TPSA) is 77.9 Å². The van der Waals surface area contributed by atoms with Crippen LogP contribution >= 0.6 is 0 Å². The van der Waals surface area contributed by atoms with Crippen molar-refractivity contribution in [1.29, 1.82) is 0 Å². The van der Waals surface area contributed by atoms with Crippen LogP contribution in [0, 0.1) is 11.6 Å². The molecule has 9 heteroatoms. The Labute approximate surface area is 229 Å². The molecule has 2 atom stereocenters. The minimum absolute atomic E-state index is 0.0456. The number of nitrogens with one attached hydrogen (secondary N) is 1. The fourth-order valence-corrected chi connectivity index (χ4v) is 6.13. The van der Waals surface area contributed by atoms with E-state index >= 15 is 0 Å². The number of hydrogen-bond acceptors (Lipinski definition) is 6. The van der Waals surface area contributed by atoms with Crippen molar-refractivity contribution < 1.29 is 23.4 Å². The monoisotopic (exact) mass is 542 g/mol. The molecule has 1 aliphatic carbocycles. The van der Waals surface area contributed by atoms with Gasteiger partial charge in [-0.05, 0) is 94.1 Å². The first kappa shape index (κ1) is 27.8. The molecule has 0 amide bonds. The van der Waals surface area contributed by atoms with Crippen molar-refractivity contribution in [2.75, 3.05) is 45.7 Å². The number of ether oxygens (including phenoxy) is 1. The first-order chi connectivity index (χ1) is 18.9. The van der Waals surface area contributed by atoms with E-state index in [0.29, 0.717) is 13.1 Å². The summed E-state index contributed by atoms with van der Waals surface area (Å²) in [5, 5.41) is 13.6. The highest BCUT2D eigenvalue weighted by Gasteiger charge is 2.39. The zero-order chi connectivity index (χ0) is 27.5. The van der Waals surface area contributed by atoms with Crippen LogP contribution in [0.1, 0.15) is 79.3 Å². The lowest BCUT2D eigenvalue weighted by Gasteiger charge is -2.29. The van der Waals surface area contributed by atoms with Gasteiger partial charge in [0.15, 0.2) is 11.6 Å². The van der Waals surface area contributed by atoms with Crippen LogP contribution in [-0.4, -0.2) is 72.2 Å². The standard InChI is InChI=1S/C30H40F2N4O3/c1-35(15-5-3-4-8-21-12-11-20-7-6-14-33-29(20)34-21)22-13-16-36(18-22)27(30(37)38)24-17-23(19-9-10-19)25(31)26(32)28(24)39-2/h11-12,17,19,22,27H,3-10,13-16,18H2,1-2H3,(H,33,34)(H,37,38)/t22-,27?/m1/s1. The molecule has 3 heterocycles. The number of aliphatic carboxylic acids is 1. The van der Waals surface area contributed by atoms with E-state index in [1.54, 1.807) is 0 Å². The molecule has 2 aliphatic heterocycles. The number of carboxylic acid groups (broad SMARTS) is 1. The summed E-state index contributed by atoms with van der Waals surface area (Å²) in [6.07, 6.45) is 8.87. The number of likely N-dealkylation sites (tertiary alicyclic amines) is 1. The molecule has 1 saturated heterocycles. The molecular weight excluding hydrogens is 502 g/mol. The lowest BCUT2D eigenvalue weighted by atomic mass is 9.98. The van der Waals surface area contributed by atoms with Gasteiger partial charge in [0.05, 0.1) is 7.11 Å². The zero-order valence-corrected chi connectivity index (χ0v) is 23.0. The van der Waals surface area contributed by atoms with E-state index in [0.717, 1.165) is 82.4 Å². The number of carboxylic acids is 1. The molecule has 5 rings (SSSR count). The zero-order valence-electron chi connectivity index (χ0n) is 23.0. The number of pyridine rings is 1. The fourth-order valence-electron chi connectivity index (χ4n) is 6.13. The number of benzene rings is 1. The Morgan fingerprint density at radius 2 is 2.05 bits per heavy atom. The smallest absolute Gasteiger partial charge is 0.325 e. The molecule has 39 heavy (non-hydrogen) atoms. The summed E-state index contributed by atoms with van der Waals surface area (Å²) in [5.74, 6) is -2.37. The Morgan fingerprint density at radius 1 is 1.23 bits per heavy atom. The van der Waals surface area contributed by atoms with Gasteiger partial charge in [-0.3, -0.25) is 9.69 Å². The normalized spacial score (nSPS) is 20.1. The highest BCUT2D eigenvalue weighted by molar-refractivity contribution is 5.77. The van der Waals surface area contributed by atoms with Crippen LogP contribution in [0.2, 0.25) is 0 Å². The van der Waals surface area contributed by atoms with Gasteiger partial charge < -0.3 is 20.1 Å². The molecule has 1 unspecified atom stereocenters. The molecule has 0 bridgehead atoms. The van der Waals surface area contributed by atoms with Gasteiger partial charge in [0.2, 0.25) is 5.82 Å². The molecule has 1 aromatic carbocycles. The first-order valence-electron chi connectivity index (χ1n) is 14.3. The van der Waals surface area contributed by atoms with E-state index in [1.807, 2.05) is 4.90 Å². The summed E-state index contributed by atoms with van der Waals surface area (Å²) in [5.41, 5.74) is 2.93. The Bertz CT molecular complexity index is 1190. The van der Waals surface area contributed by atoms with Crippen LogP contribution in [0.5, 0.6) is 5.75 Å². The maximum absolute atomic E-state index is 14.9.